The Kier molecular flexibility index (Phi) is 48.3. The standard InChI is InChI=1S/C18H21N2O3S2.C17H18N2O3S3.C17H20N2O3S3.C14H13ClNO3S2.C13H12ClNO3S3.2Y/c1-3-4-10-19-16-11-14(13(2)24)12-17(20-25(21)22)18(16)23-15-8-6-5-7-9-15;20-25(21)18-14-10-12(17(23)24)11-15(19-8-4-5-9-19)16(14)22-13-6-2-1-3-7-13;1-2-3-9-18-14-10-12(17(23)24)11-15(19-25(20)21)16(14)22-13-7-5-4-6-8-13;1-9(20)12-8-14(16-21(17)18)13(15)7-10(12)4-5-11-3-2-6-19-11;14-11-6-8(3-4-9-2-1-5-18-9)10(13(19)20)7-12(11)15-21(16)17;;/h5-9,11-12,19-20H,2-4,10H2,1H3,(H,21,22);1-3,6-7,10-11,18H,4-5,8-9H2,(H,20,21)(H,23,24);4-8,10-11,18-19H,2-3,9H2,1H3,(H,20,21)(H,23,24);2-3,6-8,16H,1,4-5H2,(H,17,18);1-2,5-7,15H,3-4H2,(H,16,17)(H,19,20);;/q-1;;;-1;;;/p-5. The number of benzene rings is 8. The first-order valence-electron chi connectivity index (χ1n) is 35.4. The Labute approximate surface area is 809 Å². The summed E-state index contributed by atoms with van der Waals surface area (Å²) in [5, 5.41) is 7.19. The van der Waals surface area contributed by atoms with Crippen LogP contribution in [0, 0.1) is 13.8 Å². The van der Waals surface area contributed by atoms with Crippen LogP contribution in [0.15, 0.2) is 197 Å². The van der Waals surface area contributed by atoms with Gasteiger partial charge < -0.3 is 85.0 Å². The van der Waals surface area contributed by atoms with E-state index in [1.165, 1.54) is 0 Å². The molecule has 7 N–H and O–H groups in total. The average Bonchev–Trinajstić information content (AvgIpc) is 1.75. The maximum Gasteiger partial charge on any atom is 0.174 e. The second-order valence-electron chi connectivity index (χ2n) is 24.8. The number of nitrogens with zero attached hydrogens (tertiary/aromatic N) is 1. The maximum atomic E-state index is 11.3. The number of halogens is 2. The number of rotatable bonds is 36. The van der Waals surface area contributed by atoms with Crippen LogP contribution in [0.4, 0.5) is 45.5 Å². The molecule has 0 spiro atoms. The van der Waals surface area contributed by atoms with Gasteiger partial charge in [0.25, 0.3) is 0 Å². The number of nitrogens with one attached hydrogen (secondary N) is 7. The van der Waals surface area contributed by atoms with Crippen molar-refractivity contribution in [3.8, 4) is 34.5 Å². The van der Waals surface area contributed by atoms with Gasteiger partial charge in [0.1, 0.15) is 28.8 Å². The van der Waals surface area contributed by atoms with Gasteiger partial charge in [0.2, 0.25) is 0 Å². The molecule has 11 rings (SSSR count). The summed E-state index contributed by atoms with van der Waals surface area (Å²) in [6.45, 7) is 14.9. The molecule has 0 amide bonds. The first-order chi connectivity index (χ1) is 56.0. The number of anilines is 8. The third-order valence-corrected chi connectivity index (χ3v) is 20.9. The topological polar surface area (TPSA) is 342 Å². The number of thiocarbonyl (C=S) groups is 5. The molecule has 1 fully saturated rings. The van der Waals surface area contributed by atoms with E-state index in [4.69, 9.17) is 107 Å². The van der Waals surface area contributed by atoms with Gasteiger partial charge in [0.05, 0.1) is 75.0 Å². The Balaban J connectivity index is 0.000000264. The fraction of sp³-hybridized carbons (Fsp3) is 0.203. The van der Waals surface area contributed by atoms with Crippen LogP contribution in [0.2, 0.25) is 10.0 Å². The first kappa shape index (κ1) is 104. The summed E-state index contributed by atoms with van der Waals surface area (Å²) < 4.78 is 152. The average molecular weight is 2050 g/mol. The molecule has 0 aliphatic carbocycles. The number of hydrogen-bond donors (Lipinski definition) is 10. The molecule has 0 saturated carbocycles. The SMILES string of the molecule is CCCCNc1cc(C(=S)S)cc(NS(=O)[O-])c1Oc1ccccc1.O=S([O-])Nc1cc(C(=S)S)c(CCc2ccco2)cc1Cl.O=S([O-])Nc1cc(C(=S)S)cc(N2CCCC2)c1Oc1ccccc1.[CH2-]C(=S)c1cc(NCCCC)c(Oc2ccccc2)c(NS(=O)[O-])c1.[CH2-]C(=S)c1cc(NS(=O)[O-])c(Cl)cc1CCc1ccco1.[Y].[Y]. The van der Waals surface area contributed by atoms with E-state index in [1.807, 2.05) is 109 Å². The van der Waals surface area contributed by atoms with Crippen molar-refractivity contribution in [2.75, 3.05) is 65.3 Å². The van der Waals surface area contributed by atoms with E-state index < -0.39 is 56.3 Å². The van der Waals surface area contributed by atoms with E-state index in [2.05, 4.69) is 105 Å². The van der Waals surface area contributed by atoms with E-state index in [9.17, 15) is 43.8 Å². The van der Waals surface area contributed by atoms with Crippen LogP contribution in [-0.4, -0.2) is 92.3 Å². The fourth-order valence-electron chi connectivity index (χ4n) is 11.0. The minimum absolute atomic E-state index is 0. The number of furan rings is 2. The molecule has 2 radical (unpaired) electrons. The number of unbranched alkanes of at least 4 members (excludes halogenated alkanes) is 2. The smallest absolute Gasteiger partial charge is 0.174 e. The predicted molar refractivity (Wildman–Crippen MR) is 501 cm³/mol. The van der Waals surface area contributed by atoms with Crippen molar-refractivity contribution in [2.45, 2.75) is 78.1 Å². The van der Waals surface area contributed by atoms with Crippen LogP contribution in [0.3, 0.4) is 0 Å². The van der Waals surface area contributed by atoms with Crippen LogP contribution in [0.25, 0.3) is 0 Å². The van der Waals surface area contributed by atoms with Crippen molar-refractivity contribution in [1.29, 1.82) is 0 Å². The summed E-state index contributed by atoms with van der Waals surface area (Å²) in [6.07, 6.45) is 12.1. The normalized spacial score (nSPS) is 12.3. The van der Waals surface area contributed by atoms with Gasteiger partial charge in [0.15, 0.2) is 17.2 Å². The molecule has 630 valence electrons. The molecule has 5 unspecified atom stereocenters. The summed E-state index contributed by atoms with van der Waals surface area (Å²) in [7, 11) is 0. The van der Waals surface area contributed by atoms with Crippen molar-refractivity contribution in [2.24, 2.45) is 0 Å². The number of para-hydroxylation sites is 3. The minimum atomic E-state index is -2.50. The summed E-state index contributed by atoms with van der Waals surface area (Å²) in [5.74, 6) is 4.79. The van der Waals surface area contributed by atoms with Crippen molar-refractivity contribution >= 4 is 246 Å². The van der Waals surface area contributed by atoms with Crippen LogP contribution in [0.1, 0.15) is 103 Å². The van der Waals surface area contributed by atoms with Gasteiger partial charge >= 0.3 is 0 Å². The molecule has 10 aromatic rings. The van der Waals surface area contributed by atoms with Crippen molar-refractivity contribution in [3.63, 3.8) is 0 Å². The molecule has 5 atom stereocenters. The quantitative estimate of drug-likeness (QED) is 0.00435. The molecule has 119 heavy (non-hydrogen) atoms. The van der Waals surface area contributed by atoms with Crippen molar-refractivity contribution in [1.82, 2.24) is 0 Å². The Morgan fingerprint density at radius 2 is 0.782 bits per heavy atom. The molecular formula is C79H79Cl2N8O15S13Y2-7. The van der Waals surface area contributed by atoms with Gasteiger partial charge in [-0.25, -0.2) is 13.8 Å². The second kappa shape index (κ2) is 55.1. The Morgan fingerprint density at radius 3 is 1.13 bits per heavy atom. The van der Waals surface area contributed by atoms with Crippen LogP contribution < -0.4 is 53.4 Å². The molecular weight excluding hydrogens is 1970 g/mol. The molecule has 2 aromatic heterocycles. The number of thiol groups is 3. The van der Waals surface area contributed by atoms with Crippen molar-refractivity contribution < 1.29 is 132 Å². The summed E-state index contributed by atoms with van der Waals surface area (Å²) in [5.41, 5.74) is 8.75. The monoisotopic (exact) mass is 2040 g/mol. The zero-order valence-electron chi connectivity index (χ0n) is 63.6. The molecule has 40 heteroatoms. The van der Waals surface area contributed by atoms with Crippen LogP contribution in [0.5, 0.6) is 34.5 Å². The van der Waals surface area contributed by atoms with Crippen LogP contribution in [-0.2, 0) is 147 Å². The van der Waals surface area contributed by atoms with E-state index in [0.29, 0.717) is 149 Å². The second-order valence-corrected chi connectivity index (χ2v) is 33.4. The zero-order chi connectivity index (χ0) is 85.1. The first-order valence-corrected chi connectivity index (χ1v) is 44.9. The minimum Gasteiger partial charge on any atom is -0.755 e. The largest absolute Gasteiger partial charge is 0.755 e. The summed E-state index contributed by atoms with van der Waals surface area (Å²) in [4.78, 5) is 3.03. The van der Waals surface area contributed by atoms with Gasteiger partial charge in [-0.1, -0.05) is 147 Å². The third-order valence-electron chi connectivity index (χ3n) is 16.4. The van der Waals surface area contributed by atoms with E-state index >= 15 is 0 Å². The maximum absolute atomic E-state index is 11.3. The molecule has 1 aliphatic heterocycles. The third kappa shape index (κ3) is 36.1. The Hall–Kier alpha value is -5.30. The molecule has 3 heterocycles. The molecule has 8 aromatic carbocycles. The van der Waals surface area contributed by atoms with Gasteiger partial charge in [-0.15, -0.1) is 95.8 Å². The molecule has 1 saturated heterocycles. The molecule has 0 bridgehead atoms. The van der Waals surface area contributed by atoms with E-state index in [0.717, 1.165) is 93.0 Å². The Bertz CT molecular complexity index is 4870. The van der Waals surface area contributed by atoms with Gasteiger partial charge in [0, 0.05) is 183 Å². The molecule has 23 nitrogen and oxygen atoms in total. The summed E-state index contributed by atoms with van der Waals surface area (Å²) in [6, 6.07) is 52.0. The van der Waals surface area contributed by atoms with Crippen molar-refractivity contribution in [3.05, 3.63) is 263 Å². The predicted octanol–water partition coefficient (Wildman–Crippen LogP) is 19.8. The van der Waals surface area contributed by atoms with E-state index in [1.54, 1.807) is 79.3 Å². The van der Waals surface area contributed by atoms with Gasteiger partial charge in [-0.3, -0.25) is 21.0 Å². The fourth-order valence-corrected chi connectivity index (χ4v) is 14.5. The number of ether oxygens (including phenoxy) is 3. The van der Waals surface area contributed by atoms with Crippen LogP contribution >= 0.6 is 122 Å². The van der Waals surface area contributed by atoms with Gasteiger partial charge in [-0.2, -0.15) is 11.1 Å². The van der Waals surface area contributed by atoms with E-state index in [-0.39, 0.29) is 76.8 Å². The molecule has 1 aliphatic rings. The Morgan fingerprint density at radius 1 is 0.437 bits per heavy atom. The summed E-state index contributed by atoms with van der Waals surface area (Å²) >= 11 is 38.1. The zero-order valence-corrected chi connectivity index (χ0v) is 81.7. The number of hydrogen-bond acceptors (Lipinski definition) is 23. The number of aryl methyl sites for hydroxylation is 4. The van der Waals surface area contributed by atoms with Gasteiger partial charge in [-0.05, 0) is 141 Å².